The van der Waals surface area contributed by atoms with Gasteiger partial charge in [0.05, 0.1) is 5.56 Å². The van der Waals surface area contributed by atoms with Crippen molar-refractivity contribution in [3.05, 3.63) is 35.4 Å². The smallest absolute Gasteiger partial charge is 0.338 e. The van der Waals surface area contributed by atoms with Crippen LogP contribution in [0.3, 0.4) is 0 Å². The van der Waals surface area contributed by atoms with Crippen LogP contribution in [0, 0.1) is 0 Å². The lowest BCUT2D eigenvalue weighted by molar-refractivity contribution is -0.137. The minimum Gasteiger partial charge on any atom is -0.338 e. The molecule has 1 aromatic rings. The molecular formula is C19H25F3N4O2. The highest BCUT2D eigenvalue weighted by Crippen LogP contribution is 2.29. The average Bonchev–Trinajstić information content (AvgIpc) is 3.15. The number of alkyl halides is 3. The highest BCUT2D eigenvalue weighted by Gasteiger charge is 2.34. The summed E-state index contributed by atoms with van der Waals surface area (Å²) in [6.45, 7) is 3.67. The third-order valence-electron chi connectivity index (χ3n) is 5.25. The van der Waals surface area contributed by atoms with Gasteiger partial charge in [-0.15, -0.1) is 0 Å². The number of hydrogen-bond acceptors (Lipinski definition) is 4. The third kappa shape index (κ3) is 4.64. The van der Waals surface area contributed by atoms with Crippen molar-refractivity contribution < 1.29 is 22.8 Å². The van der Waals surface area contributed by atoms with Gasteiger partial charge < -0.3 is 9.80 Å². The molecule has 2 saturated heterocycles. The molecule has 2 fully saturated rings. The van der Waals surface area contributed by atoms with Gasteiger partial charge in [0, 0.05) is 37.8 Å². The second-order valence-electron chi connectivity index (χ2n) is 7.26. The van der Waals surface area contributed by atoms with E-state index in [9.17, 15) is 22.8 Å². The minimum absolute atomic E-state index is 0.0210. The van der Waals surface area contributed by atoms with Gasteiger partial charge in [0.2, 0.25) is 5.91 Å². The summed E-state index contributed by atoms with van der Waals surface area (Å²) in [5.74, 6) is -0.294. The van der Waals surface area contributed by atoms with E-state index in [-0.39, 0.29) is 23.4 Å². The first-order chi connectivity index (χ1) is 13.3. The largest absolute Gasteiger partial charge is 0.416 e. The molecule has 0 aliphatic carbocycles. The lowest BCUT2D eigenvalue weighted by atomic mass is 10.0. The van der Waals surface area contributed by atoms with Crippen LogP contribution >= 0.6 is 0 Å². The van der Waals surface area contributed by atoms with Crippen LogP contribution in [0.5, 0.6) is 0 Å². The lowest BCUT2D eigenvalue weighted by Gasteiger charge is -2.36. The summed E-state index contributed by atoms with van der Waals surface area (Å²) in [5.41, 5.74) is 5.64. The molecule has 154 valence electrons. The summed E-state index contributed by atoms with van der Waals surface area (Å²) in [6.07, 6.45) is -1.62. The van der Waals surface area contributed by atoms with Gasteiger partial charge in [-0.1, -0.05) is 13.3 Å². The number of piperazine rings is 1. The van der Waals surface area contributed by atoms with E-state index in [2.05, 4.69) is 17.8 Å². The first kappa shape index (κ1) is 20.6. The number of nitrogens with one attached hydrogen (secondary N) is 2. The summed E-state index contributed by atoms with van der Waals surface area (Å²) < 4.78 is 37.9. The Morgan fingerprint density at radius 3 is 2.21 bits per heavy atom. The van der Waals surface area contributed by atoms with Gasteiger partial charge in [-0.3, -0.25) is 15.0 Å². The molecule has 0 spiro atoms. The van der Waals surface area contributed by atoms with Gasteiger partial charge >= 0.3 is 6.18 Å². The van der Waals surface area contributed by atoms with Crippen molar-refractivity contribution in [1.29, 1.82) is 0 Å². The van der Waals surface area contributed by atoms with E-state index >= 15 is 0 Å². The Bertz CT molecular complexity index is 700. The second-order valence-corrected chi connectivity index (χ2v) is 7.26. The molecule has 2 N–H and O–H groups in total. The van der Waals surface area contributed by atoms with Crippen molar-refractivity contribution in [3.8, 4) is 0 Å². The van der Waals surface area contributed by atoms with Crippen molar-refractivity contribution in [1.82, 2.24) is 20.7 Å². The Kier molecular flexibility index (Phi) is 6.24. The lowest BCUT2D eigenvalue weighted by Crippen LogP contribution is -2.54. The van der Waals surface area contributed by atoms with Gasteiger partial charge in [-0.25, -0.2) is 5.43 Å². The summed E-state index contributed by atoms with van der Waals surface area (Å²) in [6, 6.07) is 4.27. The molecule has 2 heterocycles. The van der Waals surface area contributed by atoms with Crippen LogP contribution in [0.25, 0.3) is 0 Å². The van der Waals surface area contributed by atoms with E-state index in [0.717, 1.165) is 31.4 Å². The second kappa shape index (κ2) is 8.48. The number of halogens is 3. The zero-order valence-electron chi connectivity index (χ0n) is 15.8. The van der Waals surface area contributed by atoms with Gasteiger partial charge in [-0.2, -0.15) is 13.2 Å². The van der Waals surface area contributed by atoms with E-state index in [4.69, 9.17) is 0 Å². The predicted octanol–water partition coefficient (Wildman–Crippen LogP) is 2.02. The molecular weight excluding hydrogens is 373 g/mol. The highest BCUT2D eigenvalue weighted by atomic mass is 19.4. The fraction of sp³-hybridized carbons (Fsp3) is 0.579. The molecule has 3 rings (SSSR count). The molecule has 6 nitrogen and oxygen atoms in total. The number of amides is 2. The number of benzene rings is 1. The first-order valence-corrected chi connectivity index (χ1v) is 9.56. The van der Waals surface area contributed by atoms with Crippen molar-refractivity contribution >= 4 is 11.8 Å². The molecule has 0 aromatic heterocycles. The fourth-order valence-corrected chi connectivity index (χ4v) is 3.66. The van der Waals surface area contributed by atoms with Gasteiger partial charge in [0.15, 0.2) is 0 Å². The number of rotatable bonds is 4. The summed E-state index contributed by atoms with van der Waals surface area (Å²) >= 11 is 0. The van der Waals surface area contributed by atoms with E-state index in [1.165, 1.54) is 12.1 Å². The van der Waals surface area contributed by atoms with Crippen molar-refractivity contribution in [2.45, 2.75) is 44.4 Å². The molecule has 0 saturated carbocycles. The molecule has 2 aliphatic heterocycles. The maximum atomic E-state index is 12.6. The van der Waals surface area contributed by atoms with Crippen LogP contribution in [0.15, 0.2) is 24.3 Å². The summed E-state index contributed by atoms with van der Waals surface area (Å²) in [4.78, 5) is 28.5. The van der Waals surface area contributed by atoms with Crippen LogP contribution in [-0.4, -0.2) is 59.9 Å². The maximum absolute atomic E-state index is 12.6. The van der Waals surface area contributed by atoms with Gasteiger partial charge in [-0.05, 0) is 37.1 Å². The molecule has 9 heteroatoms. The molecule has 1 aromatic carbocycles. The molecule has 0 bridgehead atoms. The van der Waals surface area contributed by atoms with Crippen molar-refractivity contribution in [2.24, 2.45) is 0 Å². The molecule has 28 heavy (non-hydrogen) atoms. The molecule has 2 unspecified atom stereocenters. The Morgan fingerprint density at radius 1 is 1.04 bits per heavy atom. The number of nitrogens with zero attached hydrogens (tertiary/aromatic N) is 2. The molecule has 0 radical (unpaired) electrons. The van der Waals surface area contributed by atoms with E-state index in [1.807, 2.05) is 0 Å². The minimum atomic E-state index is -4.42. The zero-order chi connectivity index (χ0) is 20.3. The number of carbonyl (C=O) groups is 2. The normalized spacial score (nSPS) is 23.1. The highest BCUT2D eigenvalue weighted by molar-refractivity contribution is 5.94. The average molecular weight is 398 g/mol. The topological polar surface area (TPSA) is 64.7 Å². The Hall–Kier alpha value is -2.13. The Labute approximate surface area is 162 Å². The third-order valence-corrected chi connectivity index (χ3v) is 5.25. The number of hydrazine groups is 1. The first-order valence-electron chi connectivity index (χ1n) is 9.56. The van der Waals surface area contributed by atoms with E-state index < -0.39 is 11.7 Å². The van der Waals surface area contributed by atoms with Crippen LogP contribution in [-0.2, 0) is 11.0 Å². The summed E-state index contributed by atoms with van der Waals surface area (Å²) in [7, 11) is 0. The number of carbonyl (C=O) groups excluding carboxylic acids is 2. The molecule has 2 aliphatic rings. The van der Waals surface area contributed by atoms with Crippen LogP contribution in [0.1, 0.15) is 42.1 Å². The van der Waals surface area contributed by atoms with Crippen molar-refractivity contribution in [2.75, 3.05) is 26.2 Å². The van der Waals surface area contributed by atoms with Crippen LogP contribution in [0.4, 0.5) is 13.2 Å². The predicted molar refractivity (Wildman–Crippen MR) is 97.3 cm³/mol. The molecule has 2 amide bonds. The van der Waals surface area contributed by atoms with E-state index in [0.29, 0.717) is 32.2 Å². The van der Waals surface area contributed by atoms with Gasteiger partial charge in [0.1, 0.15) is 6.04 Å². The number of hydrogen-bond donors (Lipinski definition) is 2. The zero-order valence-corrected chi connectivity index (χ0v) is 15.8. The quantitative estimate of drug-likeness (QED) is 0.815. The Morgan fingerprint density at radius 2 is 1.64 bits per heavy atom. The maximum Gasteiger partial charge on any atom is 0.416 e. The van der Waals surface area contributed by atoms with Crippen LogP contribution in [0.2, 0.25) is 0 Å². The SMILES string of the molecule is CCCC1CC(C(=O)N2CCN(C(=O)c3ccc(C(F)(F)F)cc3)CC2)NN1. The van der Waals surface area contributed by atoms with Crippen LogP contribution < -0.4 is 10.9 Å². The fourth-order valence-electron chi connectivity index (χ4n) is 3.66. The van der Waals surface area contributed by atoms with E-state index in [1.54, 1.807) is 9.80 Å². The monoisotopic (exact) mass is 398 g/mol. The van der Waals surface area contributed by atoms with Crippen molar-refractivity contribution in [3.63, 3.8) is 0 Å². The Balaban J connectivity index is 1.52. The summed E-state index contributed by atoms with van der Waals surface area (Å²) in [5, 5.41) is 0. The van der Waals surface area contributed by atoms with Gasteiger partial charge in [0.25, 0.3) is 5.91 Å². The standard InChI is InChI=1S/C19H25F3N4O2/c1-2-3-15-12-16(24-23-15)18(28)26-10-8-25(9-11-26)17(27)13-4-6-14(7-5-13)19(20,21)22/h4-7,15-16,23-24H,2-3,8-12H2,1H3. The molecule has 2 atom stereocenters.